The van der Waals surface area contributed by atoms with Crippen molar-refractivity contribution in [1.82, 2.24) is 10.6 Å². The van der Waals surface area contributed by atoms with Gasteiger partial charge in [-0.25, -0.2) is 0 Å². The lowest BCUT2D eigenvalue weighted by Crippen LogP contribution is -2.72. The van der Waals surface area contributed by atoms with Crippen LogP contribution in [0, 0.1) is 11.3 Å². The van der Waals surface area contributed by atoms with Crippen molar-refractivity contribution in [2.24, 2.45) is 16.3 Å². The van der Waals surface area contributed by atoms with E-state index in [0.29, 0.717) is 29.5 Å². The van der Waals surface area contributed by atoms with E-state index in [4.69, 9.17) is 4.74 Å². The Labute approximate surface area is 162 Å². The topological polar surface area (TPSA) is 48.9 Å². The molecule has 1 aromatic carbocycles. The lowest BCUT2D eigenvalue weighted by atomic mass is 9.46. The van der Waals surface area contributed by atoms with Crippen LogP contribution in [0.1, 0.15) is 38.5 Å². The molecule has 5 rings (SSSR count). The van der Waals surface area contributed by atoms with E-state index in [1.54, 1.807) is 0 Å². The maximum Gasteiger partial charge on any atom is 0.191 e. The van der Waals surface area contributed by atoms with Gasteiger partial charge in [0.15, 0.2) is 5.96 Å². The van der Waals surface area contributed by atoms with Crippen LogP contribution < -0.4 is 15.5 Å². The number of para-hydroxylation sites is 1. The van der Waals surface area contributed by atoms with Gasteiger partial charge in [-0.05, 0) is 44.2 Å². The van der Waals surface area contributed by atoms with Crippen molar-refractivity contribution in [1.29, 1.82) is 0 Å². The monoisotopic (exact) mass is 368 g/mol. The molecule has 1 aromatic rings. The Morgan fingerprint density at radius 2 is 1.89 bits per heavy atom. The highest BCUT2D eigenvalue weighted by molar-refractivity contribution is 5.80. The van der Waals surface area contributed by atoms with Crippen LogP contribution in [0.3, 0.4) is 0 Å². The van der Waals surface area contributed by atoms with Gasteiger partial charge in [-0.1, -0.05) is 24.6 Å². The highest BCUT2D eigenvalue weighted by Crippen LogP contribution is 2.62. The number of benzene rings is 1. The molecule has 0 aromatic heterocycles. The standard InChI is InChI=1S/C22H32N4O/c1-23-21(25-19-18-10-15-27-20(18)22(19)11-5-12-22)24-16-8-13-26(14-9-16)17-6-3-2-4-7-17/h2-4,6-7,16,18-20H,5,8-15H2,1H3,(H2,23,24,25). The van der Waals surface area contributed by atoms with Crippen molar-refractivity contribution in [2.45, 2.75) is 56.7 Å². The Morgan fingerprint density at radius 3 is 2.56 bits per heavy atom. The fourth-order valence-corrected chi connectivity index (χ4v) is 5.89. The largest absolute Gasteiger partial charge is 0.377 e. The molecular weight excluding hydrogens is 336 g/mol. The Hall–Kier alpha value is -1.75. The van der Waals surface area contributed by atoms with E-state index >= 15 is 0 Å². The van der Waals surface area contributed by atoms with Crippen molar-refractivity contribution in [2.75, 3.05) is 31.6 Å². The Morgan fingerprint density at radius 1 is 1.11 bits per heavy atom. The van der Waals surface area contributed by atoms with Gasteiger partial charge in [0, 0.05) is 55.8 Å². The third-order valence-corrected chi connectivity index (χ3v) is 7.51. The predicted molar refractivity (Wildman–Crippen MR) is 109 cm³/mol. The molecule has 2 aliphatic carbocycles. The molecule has 5 nitrogen and oxygen atoms in total. The van der Waals surface area contributed by atoms with Gasteiger partial charge in [0.05, 0.1) is 6.10 Å². The average Bonchev–Trinajstić information content (AvgIpc) is 3.10. The van der Waals surface area contributed by atoms with Crippen molar-refractivity contribution in [3.05, 3.63) is 30.3 Å². The quantitative estimate of drug-likeness (QED) is 0.636. The molecule has 2 N–H and O–H groups in total. The van der Waals surface area contributed by atoms with Gasteiger partial charge < -0.3 is 20.3 Å². The first-order chi connectivity index (χ1) is 13.3. The summed E-state index contributed by atoms with van der Waals surface area (Å²) in [6, 6.07) is 11.8. The lowest BCUT2D eigenvalue weighted by molar-refractivity contribution is -0.171. The summed E-state index contributed by atoms with van der Waals surface area (Å²) < 4.78 is 6.05. The minimum absolute atomic E-state index is 0.398. The van der Waals surface area contributed by atoms with Crippen molar-refractivity contribution >= 4 is 11.6 Å². The van der Waals surface area contributed by atoms with Gasteiger partial charge in [-0.3, -0.25) is 4.99 Å². The van der Waals surface area contributed by atoms with Crippen LogP contribution in [0.25, 0.3) is 0 Å². The predicted octanol–water partition coefficient (Wildman–Crippen LogP) is 2.78. The van der Waals surface area contributed by atoms with Crippen LogP contribution in [-0.2, 0) is 4.74 Å². The number of anilines is 1. The summed E-state index contributed by atoms with van der Waals surface area (Å²) >= 11 is 0. The zero-order chi connectivity index (χ0) is 18.3. The third kappa shape index (κ3) is 2.91. The first-order valence-electron chi connectivity index (χ1n) is 10.7. The van der Waals surface area contributed by atoms with Crippen LogP contribution in [0.15, 0.2) is 35.3 Å². The van der Waals surface area contributed by atoms with E-state index < -0.39 is 0 Å². The van der Waals surface area contributed by atoms with E-state index in [1.807, 2.05) is 7.05 Å². The minimum Gasteiger partial charge on any atom is -0.377 e. The van der Waals surface area contributed by atoms with Crippen molar-refractivity contribution in [3.63, 3.8) is 0 Å². The molecular formula is C22H32N4O. The SMILES string of the molecule is CN=C(NC1CCN(c2ccccc2)CC1)NC1C2CCOC2C12CCC2. The Bertz CT molecular complexity index is 679. The first-order valence-corrected chi connectivity index (χ1v) is 10.7. The second-order valence-corrected chi connectivity index (χ2v) is 8.77. The summed E-state index contributed by atoms with van der Waals surface area (Å²) in [5.74, 6) is 1.68. The molecule has 2 aliphatic heterocycles. The molecule has 0 amide bonds. The Kier molecular flexibility index (Phi) is 4.50. The normalized spacial score (nSPS) is 32.6. The molecule has 5 heteroatoms. The number of rotatable bonds is 3. The number of nitrogens with zero attached hydrogens (tertiary/aromatic N) is 2. The number of hydrogen-bond acceptors (Lipinski definition) is 3. The van der Waals surface area contributed by atoms with Crippen LogP contribution in [0.2, 0.25) is 0 Å². The third-order valence-electron chi connectivity index (χ3n) is 7.51. The number of guanidine groups is 1. The molecule has 2 heterocycles. The fourth-order valence-electron chi connectivity index (χ4n) is 5.89. The highest BCUT2D eigenvalue weighted by atomic mass is 16.5. The van der Waals surface area contributed by atoms with Gasteiger partial charge in [-0.15, -0.1) is 0 Å². The number of nitrogens with one attached hydrogen (secondary N) is 2. The molecule has 146 valence electrons. The number of ether oxygens (including phenoxy) is 1. The zero-order valence-electron chi connectivity index (χ0n) is 16.4. The molecule has 3 atom stereocenters. The first kappa shape index (κ1) is 17.4. The van der Waals surface area contributed by atoms with Gasteiger partial charge in [0.25, 0.3) is 0 Å². The van der Waals surface area contributed by atoms with Crippen LogP contribution >= 0.6 is 0 Å². The fraction of sp³-hybridized carbons (Fsp3) is 0.682. The molecule has 2 saturated carbocycles. The molecule has 0 bridgehead atoms. The molecule has 3 unspecified atom stereocenters. The number of piperidine rings is 1. The van der Waals surface area contributed by atoms with Crippen LogP contribution in [-0.4, -0.2) is 50.9 Å². The number of hydrogen-bond donors (Lipinski definition) is 2. The summed E-state index contributed by atoms with van der Waals surface area (Å²) in [7, 11) is 1.91. The van der Waals surface area contributed by atoms with E-state index in [9.17, 15) is 0 Å². The van der Waals surface area contributed by atoms with Crippen LogP contribution in [0.4, 0.5) is 5.69 Å². The molecule has 4 fully saturated rings. The maximum absolute atomic E-state index is 6.05. The maximum atomic E-state index is 6.05. The number of aliphatic imine (C=N–C) groups is 1. The van der Waals surface area contributed by atoms with Crippen LogP contribution in [0.5, 0.6) is 0 Å². The van der Waals surface area contributed by atoms with Gasteiger partial charge in [-0.2, -0.15) is 0 Å². The van der Waals surface area contributed by atoms with E-state index in [0.717, 1.165) is 38.5 Å². The second-order valence-electron chi connectivity index (χ2n) is 8.77. The lowest BCUT2D eigenvalue weighted by Gasteiger charge is -2.63. The molecule has 1 spiro atoms. The molecule has 2 saturated heterocycles. The van der Waals surface area contributed by atoms with E-state index in [-0.39, 0.29) is 0 Å². The summed E-state index contributed by atoms with van der Waals surface area (Å²) in [6.45, 7) is 3.15. The van der Waals surface area contributed by atoms with E-state index in [1.165, 1.54) is 31.4 Å². The molecule has 0 radical (unpaired) electrons. The van der Waals surface area contributed by atoms with Crippen molar-refractivity contribution < 1.29 is 4.74 Å². The smallest absolute Gasteiger partial charge is 0.191 e. The average molecular weight is 369 g/mol. The summed E-state index contributed by atoms with van der Waals surface area (Å²) in [6.07, 6.45) is 8.01. The Balaban J connectivity index is 1.16. The van der Waals surface area contributed by atoms with Crippen molar-refractivity contribution in [3.8, 4) is 0 Å². The summed E-state index contributed by atoms with van der Waals surface area (Å²) in [5, 5.41) is 7.52. The number of fused-ring (bicyclic) bond motifs is 2. The molecule has 4 aliphatic rings. The van der Waals surface area contributed by atoms with Gasteiger partial charge >= 0.3 is 0 Å². The zero-order valence-corrected chi connectivity index (χ0v) is 16.4. The molecule has 27 heavy (non-hydrogen) atoms. The van der Waals surface area contributed by atoms with Gasteiger partial charge in [0.2, 0.25) is 0 Å². The van der Waals surface area contributed by atoms with Gasteiger partial charge in [0.1, 0.15) is 0 Å². The minimum atomic E-state index is 0.398. The summed E-state index contributed by atoms with van der Waals surface area (Å²) in [5.41, 5.74) is 1.74. The van der Waals surface area contributed by atoms with E-state index in [2.05, 4.69) is 50.9 Å². The second kappa shape index (κ2) is 7.01. The summed E-state index contributed by atoms with van der Waals surface area (Å²) in [4.78, 5) is 7.05. The highest BCUT2D eigenvalue weighted by Gasteiger charge is 2.66.